The second-order valence-electron chi connectivity index (χ2n) is 6.87. The third kappa shape index (κ3) is 4.77. The minimum Gasteiger partial charge on any atom is -0.497 e. The van der Waals surface area contributed by atoms with E-state index >= 15 is 0 Å². The van der Waals surface area contributed by atoms with Crippen LogP contribution in [0.4, 0.5) is 11.5 Å². The lowest BCUT2D eigenvalue weighted by Crippen LogP contribution is -2.20. The highest BCUT2D eigenvalue weighted by atomic mass is 32.2. The fourth-order valence-corrected chi connectivity index (χ4v) is 3.74. The lowest BCUT2D eigenvalue weighted by molar-refractivity contribution is -0.116. The smallest absolute Gasteiger partial charge is 0.264 e. The number of nitrogens with one attached hydrogen (secondary N) is 1. The molecule has 33 heavy (non-hydrogen) atoms. The van der Waals surface area contributed by atoms with Crippen LogP contribution in [-0.2, 0) is 11.3 Å². The second-order valence-corrected chi connectivity index (χ2v) is 7.66. The lowest BCUT2D eigenvalue weighted by Gasteiger charge is -2.10. The molecule has 1 amide bonds. The number of aromatic nitrogens is 4. The van der Waals surface area contributed by atoms with Crippen molar-refractivity contribution in [3.8, 4) is 34.3 Å². The van der Waals surface area contributed by atoms with Crippen molar-refractivity contribution in [3.05, 3.63) is 48.5 Å². The SMILES string of the molecule is COc1cc(NC(=O)Cn2nc(SC)c(-c3nc(-c4ccccc4)no3)c2N)cc(OC)c1. The first-order valence-electron chi connectivity index (χ1n) is 9.85. The van der Waals surface area contributed by atoms with Crippen molar-refractivity contribution in [1.29, 1.82) is 0 Å². The maximum absolute atomic E-state index is 12.7. The van der Waals surface area contributed by atoms with Crippen molar-refractivity contribution >= 4 is 29.2 Å². The van der Waals surface area contributed by atoms with Crippen LogP contribution in [0.5, 0.6) is 11.5 Å². The van der Waals surface area contributed by atoms with E-state index in [2.05, 4.69) is 20.6 Å². The van der Waals surface area contributed by atoms with E-state index < -0.39 is 0 Å². The molecule has 2 heterocycles. The molecule has 0 atom stereocenters. The minimum absolute atomic E-state index is 0.113. The van der Waals surface area contributed by atoms with Crippen LogP contribution in [-0.4, -0.2) is 46.3 Å². The molecule has 0 aliphatic rings. The van der Waals surface area contributed by atoms with Gasteiger partial charge >= 0.3 is 0 Å². The summed E-state index contributed by atoms with van der Waals surface area (Å²) in [5.74, 6) is 1.71. The largest absolute Gasteiger partial charge is 0.497 e. The molecule has 0 unspecified atom stereocenters. The van der Waals surface area contributed by atoms with Gasteiger partial charge in [0.05, 0.1) is 14.2 Å². The summed E-state index contributed by atoms with van der Waals surface area (Å²) in [5.41, 5.74) is 8.17. The highest BCUT2D eigenvalue weighted by molar-refractivity contribution is 7.98. The van der Waals surface area contributed by atoms with E-state index in [0.29, 0.717) is 33.6 Å². The zero-order chi connectivity index (χ0) is 23.4. The number of nitrogens with zero attached hydrogens (tertiary/aromatic N) is 4. The van der Waals surface area contributed by atoms with Crippen LogP contribution in [0.2, 0.25) is 0 Å². The molecule has 2 aromatic carbocycles. The van der Waals surface area contributed by atoms with Gasteiger partial charge in [-0.1, -0.05) is 35.5 Å². The molecule has 4 rings (SSSR count). The summed E-state index contributed by atoms with van der Waals surface area (Å²) >= 11 is 1.37. The van der Waals surface area contributed by atoms with E-state index in [9.17, 15) is 4.79 Å². The van der Waals surface area contributed by atoms with Crippen LogP contribution in [0.1, 0.15) is 0 Å². The van der Waals surface area contributed by atoms with Crippen LogP contribution >= 0.6 is 11.8 Å². The van der Waals surface area contributed by atoms with Crippen LogP contribution < -0.4 is 20.5 Å². The van der Waals surface area contributed by atoms with Crippen molar-refractivity contribution in [2.24, 2.45) is 0 Å². The molecule has 0 aliphatic heterocycles. The van der Waals surface area contributed by atoms with Crippen LogP contribution in [0.15, 0.2) is 58.1 Å². The summed E-state index contributed by atoms with van der Waals surface area (Å²) < 4.78 is 17.3. The van der Waals surface area contributed by atoms with Gasteiger partial charge in [0.25, 0.3) is 5.89 Å². The minimum atomic E-state index is -0.325. The fourth-order valence-electron chi connectivity index (χ4n) is 3.16. The molecule has 170 valence electrons. The van der Waals surface area contributed by atoms with Crippen molar-refractivity contribution in [1.82, 2.24) is 19.9 Å². The van der Waals surface area contributed by atoms with Crippen LogP contribution in [0.25, 0.3) is 22.8 Å². The highest BCUT2D eigenvalue weighted by Gasteiger charge is 2.24. The maximum Gasteiger partial charge on any atom is 0.264 e. The molecule has 0 saturated heterocycles. The van der Waals surface area contributed by atoms with Gasteiger partial charge < -0.3 is 25.0 Å². The van der Waals surface area contributed by atoms with Crippen LogP contribution in [0, 0.1) is 0 Å². The number of rotatable bonds is 8. The zero-order valence-corrected chi connectivity index (χ0v) is 19.0. The van der Waals surface area contributed by atoms with E-state index in [-0.39, 0.29) is 24.2 Å². The molecule has 0 saturated carbocycles. The maximum atomic E-state index is 12.7. The normalized spacial score (nSPS) is 10.8. The van der Waals surface area contributed by atoms with Crippen molar-refractivity contribution in [2.75, 3.05) is 31.5 Å². The molecule has 4 aromatic rings. The van der Waals surface area contributed by atoms with Gasteiger partial charge in [-0.3, -0.25) is 4.79 Å². The molecule has 2 aromatic heterocycles. The number of nitrogens with two attached hydrogens (primary N) is 1. The highest BCUT2D eigenvalue weighted by Crippen LogP contribution is 2.35. The zero-order valence-electron chi connectivity index (χ0n) is 18.2. The summed E-state index contributed by atoms with van der Waals surface area (Å²) in [6.45, 7) is -0.113. The average molecular weight is 467 g/mol. The quantitative estimate of drug-likeness (QED) is 0.374. The molecule has 3 N–H and O–H groups in total. The summed E-state index contributed by atoms with van der Waals surface area (Å²) in [5, 5.41) is 11.9. The number of thioether (sulfide) groups is 1. The monoisotopic (exact) mass is 466 g/mol. The molecule has 0 aliphatic carbocycles. The number of anilines is 2. The van der Waals surface area contributed by atoms with E-state index in [1.807, 2.05) is 36.6 Å². The standard InChI is InChI=1S/C22H22N6O4S/c1-30-15-9-14(10-16(11-15)31-2)24-17(29)12-28-19(23)18(22(26-28)33-3)21-25-20(27-32-21)13-7-5-4-6-8-13/h4-11H,12,23H2,1-3H3,(H,24,29). The predicted octanol–water partition coefficient (Wildman–Crippen LogP) is 3.56. The van der Waals surface area contributed by atoms with E-state index in [0.717, 1.165) is 5.56 Å². The molecule has 10 nitrogen and oxygen atoms in total. The Hall–Kier alpha value is -3.99. The first kappa shape index (κ1) is 22.2. The number of amides is 1. The molecule has 11 heteroatoms. The van der Waals surface area contributed by atoms with Gasteiger partial charge in [-0.05, 0) is 6.26 Å². The molecule has 0 bridgehead atoms. The van der Waals surface area contributed by atoms with Gasteiger partial charge in [-0.15, -0.1) is 11.8 Å². The lowest BCUT2D eigenvalue weighted by atomic mass is 10.2. The summed E-state index contributed by atoms with van der Waals surface area (Å²) in [4.78, 5) is 17.2. The number of carbonyl (C=O) groups excluding carboxylic acids is 1. The van der Waals surface area contributed by atoms with Gasteiger partial charge in [0, 0.05) is 29.4 Å². The number of benzene rings is 2. The molecule has 0 spiro atoms. The average Bonchev–Trinajstić information content (AvgIpc) is 3.43. The van der Waals surface area contributed by atoms with E-state index in [4.69, 9.17) is 19.7 Å². The van der Waals surface area contributed by atoms with Gasteiger partial charge in [0.1, 0.15) is 34.5 Å². The number of hydrogen-bond acceptors (Lipinski definition) is 9. The molecular formula is C22H22N6O4S. The Bertz CT molecular complexity index is 1250. The number of carbonyl (C=O) groups is 1. The topological polar surface area (TPSA) is 130 Å². The van der Waals surface area contributed by atoms with E-state index in [1.165, 1.54) is 30.7 Å². The molecule has 0 radical (unpaired) electrons. The second kappa shape index (κ2) is 9.65. The Morgan fingerprint density at radius 3 is 2.48 bits per heavy atom. The van der Waals surface area contributed by atoms with Gasteiger partial charge in [-0.2, -0.15) is 10.1 Å². The number of nitrogen functional groups attached to an aromatic ring is 1. The Balaban J connectivity index is 1.57. The van der Waals surface area contributed by atoms with Crippen LogP contribution in [0.3, 0.4) is 0 Å². The van der Waals surface area contributed by atoms with Gasteiger partial charge in [0.15, 0.2) is 0 Å². The Morgan fingerprint density at radius 1 is 1.15 bits per heavy atom. The van der Waals surface area contributed by atoms with Gasteiger partial charge in [-0.25, -0.2) is 4.68 Å². The fraction of sp³-hybridized carbons (Fsp3) is 0.182. The predicted molar refractivity (Wildman–Crippen MR) is 125 cm³/mol. The Labute approximate surface area is 194 Å². The third-order valence-corrected chi connectivity index (χ3v) is 5.43. The number of methoxy groups -OCH3 is 2. The first-order chi connectivity index (χ1) is 16.0. The molecule has 0 fully saturated rings. The summed E-state index contributed by atoms with van der Waals surface area (Å²) in [6.07, 6.45) is 1.85. The first-order valence-corrected chi connectivity index (χ1v) is 11.1. The molecular weight excluding hydrogens is 444 g/mol. The number of hydrogen-bond donors (Lipinski definition) is 2. The van der Waals surface area contributed by atoms with E-state index in [1.54, 1.807) is 18.2 Å². The third-order valence-electron chi connectivity index (χ3n) is 4.75. The Kier molecular flexibility index (Phi) is 6.50. The Morgan fingerprint density at radius 2 is 1.85 bits per heavy atom. The number of ether oxygens (including phenoxy) is 2. The van der Waals surface area contributed by atoms with Gasteiger partial charge in [0.2, 0.25) is 11.7 Å². The van der Waals surface area contributed by atoms with Crippen molar-refractivity contribution in [2.45, 2.75) is 11.6 Å². The van der Waals surface area contributed by atoms with Crippen molar-refractivity contribution in [3.63, 3.8) is 0 Å². The summed E-state index contributed by atoms with van der Waals surface area (Å²) in [7, 11) is 3.08. The summed E-state index contributed by atoms with van der Waals surface area (Å²) in [6, 6.07) is 14.6. The van der Waals surface area contributed by atoms with Crippen molar-refractivity contribution < 1.29 is 18.8 Å².